The van der Waals surface area contributed by atoms with Crippen molar-refractivity contribution in [1.82, 2.24) is 20.2 Å². The molecule has 8 heteroatoms. The van der Waals surface area contributed by atoms with Gasteiger partial charge in [0.15, 0.2) is 5.65 Å². The lowest BCUT2D eigenvalue weighted by molar-refractivity contribution is 0.410. The van der Waals surface area contributed by atoms with Crippen LogP contribution in [0, 0.1) is 0 Å². The van der Waals surface area contributed by atoms with Crippen LogP contribution in [0.1, 0.15) is 5.56 Å². The van der Waals surface area contributed by atoms with Crippen molar-refractivity contribution < 1.29 is 4.74 Å². The summed E-state index contributed by atoms with van der Waals surface area (Å²) in [5.74, 6) is 1.47. The smallest absolute Gasteiger partial charge is 0.224 e. The van der Waals surface area contributed by atoms with E-state index in [4.69, 9.17) is 22.1 Å². The number of nitrogen functional groups attached to an aromatic ring is 1. The summed E-state index contributed by atoms with van der Waals surface area (Å²) in [5.41, 5.74) is 7.10. The van der Waals surface area contributed by atoms with Crippen LogP contribution in [-0.4, -0.2) is 27.3 Å². The first-order chi connectivity index (χ1) is 10.2. The largest absolute Gasteiger partial charge is 0.496 e. The van der Waals surface area contributed by atoms with Gasteiger partial charge in [0.05, 0.1) is 18.7 Å². The second-order valence-corrected chi connectivity index (χ2v) is 4.74. The van der Waals surface area contributed by atoms with Gasteiger partial charge in [0.2, 0.25) is 5.95 Å². The molecule has 0 radical (unpaired) electrons. The first-order valence-electron chi connectivity index (χ1n) is 6.21. The summed E-state index contributed by atoms with van der Waals surface area (Å²) in [7, 11) is 1.60. The van der Waals surface area contributed by atoms with E-state index >= 15 is 0 Å². The van der Waals surface area contributed by atoms with Crippen molar-refractivity contribution in [1.29, 1.82) is 0 Å². The van der Waals surface area contributed by atoms with Crippen molar-refractivity contribution in [2.45, 2.75) is 6.54 Å². The number of aromatic nitrogens is 4. The molecule has 0 atom stereocenters. The molecule has 21 heavy (non-hydrogen) atoms. The number of rotatable bonds is 4. The Hall–Kier alpha value is -2.54. The summed E-state index contributed by atoms with van der Waals surface area (Å²) in [6.07, 6.45) is 1.64. The lowest BCUT2D eigenvalue weighted by atomic mass is 10.2. The van der Waals surface area contributed by atoms with Crippen LogP contribution in [0.2, 0.25) is 5.02 Å². The molecule has 2 aromatic heterocycles. The van der Waals surface area contributed by atoms with Crippen molar-refractivity contribution in [2.24, 2.45) is 0 Å². The van der Waals surface area contributed by atoms with Crippen LogP contribution in [0.3, 0.4) is 0 Å². The summed E-state index contributed by atoms with van der Waals surface area (Å²) >= 11 is 6.21. The molecule has 108 valence electrons. The number of nitrogens with two attached hydrogens (primary N) is 1. The molecule has 0 saturated heterocycles. The molecule has 0 aliphatic rings. The fourth-order valence-electron chi connectivity index (χ4n) is 2.06. The lowest BCUT2D eigenvalue weighted by Gasteiger charge is -2.12. The van der Waals surface area contributed by atoms with E-state index in [1.54, 1.807) is 13.3 Å². The maximum atomic E-state index is 6.21. The molecule has 4 N–H and O–H groups in total. The molecule has 3 aromatic rings. The number of fused-ring (bicyclic) bond motifs is 1. The van der Waals surface area contributed by atoms with Gasteiger partial charge < -0.3 is 15.8 Å². The van der Waals surface area contributed by atoms with Gasteiger partial charge in [-0.3, -0.25) is 5.10 Å². The third-order valence-corrected chi connectivity index (χ3v) is 3.41. The van der Waals surface area contributed by atoms with Crippen molar-refractivity contribution in [3.63, 3.8) is 0 Å². The van der Waals surface area contributed by atoms with Gasteiger partial charge in [-0.2, -0.15) is 15.1 Å². The van der Waals surface area contributed by atoms with E-state index in [-0.39, 0.29) is 5.95 Å². The predicted molar refractivity (Wildman–Crippen MR) is 81.4 cm³/mol. The zero-order valence-electron chi connectivity index (χ0n) is 11.2. The molecule has 0 fully saturated rings. The fourth-order valence-corrected chi connectivity index (χ4v) is 2.29. The highest BCUT2D eigenvalue weighted by molar-refractivity contribution is 6.31. The molecule has 2 heterocycles. The highest BCUT2D eigenvalue weighted by atomic mass is 35.5. The Balaban J connectivity index is 1.92. The summed E-state index contributed by atoms with van der Waals surface area (Å²) < 4.78 is 5.31. The molecule has 7 nitrogen and oxygen atoms in total. The Labute approximate surface area is 125 Å². The SMILES string of the molecule is COc1cccc(Cl)c1CNc1nc(N)nc2[nH]ncc12. The van der Waals surface area contributed by atoms with E-state index in [0.717, 1.165) is 10.9 Å². The summed E-state index contributed by atoms with van der Waals surface area (Å²) in [5, 5.41) is 11.3. The van der Waals surface area contributed by atoms with Crippen molar-refractivity contribution in [3.05, 3.63) is 35.0 Å². The number of benzene rings is 1. The van der Waals surface area contributed by atoms with E-state index < -0.39 is 0 Å². The summed E-state index contributed by atoms with van der Waals surface area (Å²) in [6, 6.07) is 5.50. The van der Waals surface area contributed by atoms with Gasteiger partial charge in [0.25, 0.3) is 0 Å². The first-order valence-corrected chi connectivity index (χ1v) is 6.58. The number of nitrogens with one attached hydrogen (secondary N) is 2. The number of methoxy groups -OCH3 is 1. The van der Waals surface area contributed by atoms with E-state index in [1.807, 2.05) is 18.2 Å². The first kappa shape index (κ1) is 13.4. The molecule has 3 rings (SSSR count). The molecular formula is C13H13ClN6O. The van der Waals surface area contributed by atoms with Crippen LogP contribution < -0.4 is 15.8 Å². The number of aromatic amines is 1. The maximum Gasteiger partial charge on any atom is 0.224 e. The molecule has 0 unspecified atom stereocenters. The fraction of sp³-hybridized carbons (Fsp3) is 0.154. The Morgan fingerprint density at radius 2 is 2.24 bits per heavy atom. The van der Waals surface area contributed by atoms with Crippen LogP contribution in [-0.2, 0) is 6.54 Å². The molecule has 0 spiro atoms. The third kappa shape index (κ3) is 2.55. The van der Waals surface area contributed by atoms with Crippen LogP contribution in [0.4, 0.5) is 11.8 Å². The Kier molecular flexibility index (Phi) is 3.49. The van der Waals surface area contributed by atoms with Crippen molar-refractivity contribution in [3.8, 4) is 5.75 Å². The van der Waals surface area contributed by atoms with E-state index in [2.05, 4.69) is 25.5 Å². The second-order valence-electron chi connectivity index (χ2n) is 4.34. The topological polar surface area (TPSA) is 102 Å². The molecule has 0 aliphatic heterocycles. The molecular weight excluding hydrogens is 292 g/mol. The average molecular weight is 305 g/mol. The summed E-state index contributed by atoms with van der Waals surface area (Å²) in [6.45, 7) is 0.444. The van der Waals surface area contributed by atoms with Gasteiger partial charge in [-0.05, 0) is 12.1 Å². The van der Waals surface area contributed by atoms with Gasteiger partial charge >= 0.3 is 0 Å². The van der Waals surface area contributed by atoms with Crippen molar-refractivity contribution >= 4 is 34.4 Å². The standard InChI is InChI=1S/C13H13ClN6O/c1-21-10-4-2-3-9(14)7(10)5-16-11-8-6-17-20-12(8)19-13(15)18-11/h2-4,6H,5H2,1H3,(H4,15,16,17,18,19,20). The molecule has 1 aromatic carbocycles. The van der Waals surface area contributed by atoms with Crippen LogP contribution in [0.15, 0.2) is 24.4 Å². The molecule has 0 amide bonds. The number of H-pyrrole nitrogens is 1. The Morgan fingerprint density at radius 3 is 3.05 bits per heavy atom. The number of nitrogens with zero attached hydrogens (tertiary/aromatic N) is 3. The minimum atomic E-state index is 0.167. The Bertz CT molecular complexity index is 787. The lowest BCUT2D eigenvalue weighted by Crippen LogP contribution is -2.06. The Morgan fingerprint density at radius 1 is 1.38 bits per heavy atom. The second kappa shape index (κ2) is 5.45. The van der Waals surface area contributed by atoms with Gasteiger partial charge in [-0.1, -0.05) is 17.7 Å². The summed E-state index contributed by atoms with van der Waals surface area (Å²) in [4.78, 5) is 8.25. The quantitative estimate of drug-likeness (QED) is 0.683. The van der Waals surface area contributed by atoms with Crippen LogP contribution in [0.5, 0.6) is 5.75 Å². The van der Waals surface area contributed by atoms with E-state index in [9.17, 15) is 0 Å². The predicted octanol–water partition coefficient (Wildman–Crippen LogP) is 2.21. The number of hydrogen-bond donors (Lipinski definition) is 3. The minimum Gasteiger partial charge on any atom is -0.496 e. The van der Waals surface area contributed by atoms with Gasteiger partial charge in [-0.25, -0.2) is 0 Å². The maximum absolute atomic E-state index is 6.21. The number of ether oxygens (including phenoxy) is 1. The van der Waals surface area contributed by atoms with E-state index in [1.165, 1.54) is 0 Å². The average Bonchev–Trinajstić information content (AvgIpc) is 2.93. The highest BCUT2D eigenvalue weighted by Gasteiger charge is 2.11. The number of halogens is 1. The normalized spacial score (nSPS) is 10.8. The van der Waals surface area contributed by atoms with Crippen LogP contribution in [0.25, 0.3) is 11.0 Å². The number of hydrogen-bond acceptors (Lipinski definition) is 6. The number of anilines is 2. The van der Waals surface area contributed by atoms with E-state index in [0.29, 0.717) is 28.8 Å². The van der Waals surface area contributed by atoms with Crippen LogP contribution >= 0.6 is 11.6 Å². The monoisotopic (exact) mass is 304 g/mol. The van der Waals surface area contributed by atoms with Gasteiger partial charge in [-0.15, -0.1) is 0 Å². The molecule has 0 bridgehead atoms. The highest BCUT2D eigenvalue weighted by Crippen LogP contribution is 2.28. The zero-order chi connectivity index (χ0) is 14.8. The molecule has 0 saturated carbocycles. The van der Waals surface area contributed by atoms with Crippen molar-refractivity contribution in [2.75, 3.05) is 18.2 Å². The zero-order valence-corrected chi connectivity index (χ0v) is 12.0. The van der Waals surface area contributed by atoms with Gasteiger partial charge in [0.1, 0.15) is 11.6 Å². The third-order valence-electron chi connectivity index (χ3n) is 3.06. The minimum absolute atomic E-state index is 0.167. The van der Waals surface area contributed by atoms with Gasteiger partial charge in [0, 0.05) is 17.1 Å². The molecule has 0 aliphatic carbocycles.